The number of aromatic nitrogens is 2. The van der Waals surface area contributed by atoms with E-state index in [0.29, 0.717) is 18.9 Å². The highest BCUT2D eigenvalue weighted by Crippen LogP contribution is 2.41. The van der Waals surface area contributed by atoms with E-state index in [-0.39, 0.29) is 4.90 Å². The molecule has 0 radical (unpaired) electrons. The fourth-order valence-corrected chi connectivity index (χ4v) is 7.12. The molecule has 0 spiro atoms. The lowest BCUT2D eigenvalue weighted by Crippen LogP contribution is -2.30. The Hall–Kier alpha value is -4.54. The number of aromatic amines is 1. The van der Waals surface area contributed by atoms with Crippen molar-refractivity contribution in [3.05, 3.63) is 114 Å². The first-order chi connectivity index (χ1) is 22.8. The fraction of sp³-hybridized carbons (Fsp3) is 0.237. The molecule has 0 saturated carbocycles. The lowest BCUT2D eigenvalue weighted by molar-refractivity contribution is 0.110. The number of methoxy groups -OCH3 is 2. The molecule has 6 aromatic rings. The number of sulfonamides is 1. The van der Waals surface area contributed by atoms with Crippen molar-refractivity contribution in [2.24, 2.45) is 0 Å². The molecule has 0 amide bonds. The van der Waals surface area contributed by atoms with Crippen LogP contribution in [0.2, 0.25) is 0 Å². The summed E-state index contributed by atoms with van der Waals surface area (Å²) in [5.74, 6) is 0. The maximum absolute atomic E-state index is 13.6. The maximum Gasteiger partial charge on any atom is 0.264 e. The monoisotopic (exact) mass is 648 g/mol. The van der Waals surface area contributed by atoms with Gasteiger partial charge in [0.25, 0.3) is 10.0 Å². The molecule has 2 heterocycles. The van der Waals surface area contributed by atoms with Gasteiger partial charge in [0.05, 0.1) is 23.8 Å². The molecule has 1 N–H and O–H groups in total. The first-order valence-corrected chi connectivity index (χ1v) is 17.1. The Balaban J connectivity index is 1.44. The Labute approximate surface area is 276 Å². The SMILES string of the molecule is COCCN(CCOC)Cc1ccc(-c2cnc3[nH]c4ccc(N(C)S(=O)(=O)c5ccc(C)cc5)cc4c3c2-c2ccccc2)cc1. The fourth-order valence-electron chi connectivity index (χ4n) is 5.93. The summed E-state index contributed by atoms with van der Waals surface area (Å²) in [5.41, 5.74) is 8.54. The quantitative estimate of drug-likeness (QED) is 0.142. The van der Waals surface area contributed by atoms with Crippen LogP contribution in [-0.4, -0.2) is 70.9 Å². The summed E-state index contributed by atoms with van der Waals surface area (Å²) < 4.78 is 39.2. The van der Waals surface area contributed by atoms with Gasteiger partial charge in [-0.25, -0.2) is 13.4 Å². The van der Waals surface area contributed by atoms with E-state index < -0.39 is 10.0 Å². The van der Waals surface area contributed by atoms with Gasteiger partial charge < -0.3 is 14.5 Å². The van der Waals surface area contributed by atoms with E-state index in [4.69, 9.17) is 14.5 Å². The van der Waals surface area contributed by atoms with Crippen LogP contribution >= 0.6 is 0 Å². The van der Waals surface area contributed by atoms with Crippen molar-refractivity contribution in [3.63, 3.8) is 0 Å². The molecule has 242 valence electrons. The second kappa shape index (κ2) is 14.1. The third-order valence-corrected chi connectivity index (χ3v) is 10.4. The molecule has 0 saturated heterocycles. The lowest BCUT2D eigenvalue weighted by Gasteiger charge is -2.22. The highest BCUT2D eigenvalue weighted by Gasteiger charge is 2.23. The average molecular weight is 649 g/mol. The van der Waals surface area contributed by atoms with E-state index >= 15 is 0 Å². The largest absolute Gasteiger partial charge is 0.383 e. The highest BCUT2D eigenvalue weighted by atomic mass is 32.2. The van der Waals surface area contributed by atoms with Gasteiger partial charge in [-0.3, -0.25) is 9.21 Å². The minimum absolute atomic E-state index is 0.252. The van der Waals surface area contributed by atoms with Crippen LogP contribution in [-0.2, 0) is 26.0 Å². The van der Waals surface area contributed by atoms with Crippen LogP contribution in [0.3, 0.4) is 0 Å². The zero-order chi connectivity index (χ0) is 33.0. The first-order valence-electron chi connectivity index (χ1n) is 15.6. The molecule has 8 nitrogen and oxygen atoms in total. The molecule has 0 aliphatic carbocycles. The number of benzene rings is 4. The molecule has 4 aromatic carbocycles. The Morgan fingerprint density at radius 3 is 2.15 bits per heavy atom. The Morgan fingerprint density at radius 1 is 0.809 bits per heavy atom. The van der Waals surface area contributed by atoms with Crippen LogP contribution in [0.15, 0.2) is 108 Å². The van der Waals surface area contributed by atoms with Crippen LogP contribution in [0.4, 0.5) is 5.69 Å². The van der Waals surface area contributed by atoms with Gasteiger partial charge in [0.15, 0.2) is 0 Å². The molecule has 47 heavy (non-hydrogen) atoms. The van der Waals surface area contributed by atoms with Crippen molar-refractivity contribution in [1.29, 1.82) is 0 Å². The molecular formula is C38H40N4O4S. The minimum Gasteiger partial charge on any atom is -0.383 e. The van der Waals surface area contributed by atoms with Gasteiger partial charge in [-0.15, -0.1) is 0 Å². The standard InChI is InChI=1S/C38H40N4O4S/c1-27-10-17-32(18-11-27)47(43,44)41(2)31-16-19-35-33(24-31)37-36(30-8-6-5-7-9-30)34(25-39-38(37)40-35)29-14-12-28(13-15-29)26-42(20-22-45-3)21-23-46-4/h5-19,24-25H,20-23,26H2,1-4H3,(H,39,40). The number of nitrogens with zero attached hydrogens (tertiary/aromatic N) is 3. The summed E-state index contributed by atoms with van der Waals surface area (Å²) in [6.45, 7) is 5.70. The minimum atomic E-state index is -3.76. The van der Waals surface area contributed by atoms with Gasteiger partial charge >= 0.3 is 0 Å². The van der Waals surface area contributed by atoms with Crippen molar-refractivity contribution >= 4 is 37.6 Å². The Kier molecular flexibility index (Phi) is 9.70. The zero-order valence-electron chi connectivity index (χ0n) is 27.2. The average Bonchev–Trinajstić information content (AvgIpc) is 3.47. The predicted molar refractivity (Wildman–Crippen MR) is 190 cm³/mol. The van der Waals surface area contributed by atoms with Crippen molar-refractivity contribution in [1.82, 2.24) is 14.9 Å². The van der Waals surface area contributed by atoms with Gasteiger partial charge in [0.2, 0.25) is 0 Å². The topological polar surface area (TPSA) is 87.8 Å². The van der Waals surface area contributed by atoms with Crippen LogP contribution in [0.25, 0.3) is 44.2 Å². The van der Waals surface area contributed by atoms with Crippen molar-refractivity contribution in [2.75, 3.05) is 51.9 Å². The number of H-pyrrole nitrogens is 1. The zero-order valence-corrected chi connectivity index (χ0v) is 28.0. The molecular weight excluding hydrogens is 609 g/mol. The Bertz CT molecular complexity index is 2070. The molecule has 0 fully saturated rings. The van der Waals surface area contributed by atoms with Crippen molar-refractivity contribution in [2.45, 2.75) is 18.4 Å². The molecule has 9 heteroatoms. The number of aryl methyl sites for hydroxylation is 1. The summed E-state index contributed by atoms with van der Waals surface area (Å²) in [6, 6.07) is 31.5. The summed E-state index contributed by atoms with van der Waals surface area (Å²) >= 11 is 0. The van der Waals surface area contributed by atoms with E-state index in [1.807, 2.05) is 61.7 Å². The normalized spacial score (nSPS) is 11.9. The van der Waals surface area contributed by atoms with Crippen LogP contribution in [0.1, 0.15) is 11.1 Å². The molecule has 0 bridgehead atoms. The second-order valence-electron chi connectivity index (χ2n) is 11.7. The van der Waals surface area contributed by atoms with Gasteiger partial charge in [-0.05, 0) is 53.9 Å². The molecule has 0 atom stereocenters. The van der Waals surface area contributed by atoms with Crippen LogP contribution in [0.5, 0.6) is 0 Å². The summed E-state index contributed by atoms with van der Waals surface area (Å²) in [6.07, 6.45) is 1.92. The predicted octanol–water partition coefficient (Wildman–Crippen LogP) is 7.28. The molecule has 0 unspecified atom stereocenters. The second-order valence-corrected chi connectivity index (χ2v) is 13.7. The van der Waals surface area contributed by atoms with Gasteiger partial charge in [0, 0.05) is 74.5 Å². The molecule has 0 aliphatic rings. The highest BCUT2D eigenvalue weighted by molar-refractivity contribution is 7.92. The molecule has 2 aromatic heterocycles. The molecule has 0 aliphatic heterocycles. The number of nitrogens with one attached hydrogen (secondary N) is 1. The summed E-state index contributed by atoms with van der Waals surface area (Å²) in [7, 11) is 1.28. The summed E-state index contributed by atoms with van der Waals surface area (Å²) in [5, 5.41) is 1.85. The van der Waals surface area contributed by atoms with Crippen LogP contribution in [0, 0.1) is 6.92 Å². The number of anilines is 1. The molecule has 6 rings (SSSR count). The number of hydrogen-bond acceptors (Lipinski definition) is 6. The lowest BCUT2D eigenvalue weighted by atomic mass is 9.92. The third-order valence-electron chi connectivity index (χ3n) is 8.60. The number of hydrogen-bond donors (Lipinski definition) is 1. The number of fused-ring (bicyclic) bond motifs is 3. The number of ether oxygens (including phenoxy) is 2. The van der Waals surface area contributed by atoms with E-state index in [2.05, 4.69) is 46.3 Å². The maximum atomic E-state index is 13.6. The summed E-state index contributed by atoms with van der Waals surface area (Å²) in [4.78, 5) is 10.9. The number of rotatable bonds is 13. The van der Waals surface area contributed by atoms with E-state index in [1.165, 1.54) is 9.87 Å². The number of pyridine rings is 1. The van der Waals surface area contributed by atoms with Gasteiger partial charge in [0.1, 0.15) is 5.65 Å². The third kappa shape index (κ3) is 6.80. The smallest absolute Gasteiger partial charge is 0.264 e. The Morgan fingerprint density at radius 2 is 1.49 bits per heavy atom. The van der Waals surface area contributed by atoms with Gasteiger partial charge in [-0.1, -0.05) is 72.3 Å². The van der Waals surface area contributed by atoms with Crippen molar-refractivity contribution < 1.29 is 17.9 Å². The van der Waals surface area contributed by atoms with E-state index in [9.17, 15) is 8.42 Å². The van der Waals surface area contributed by atoms with E-state index in [0.717, 1.165) is 69.4 Å². The van der Waals surface area contributed by atoms with Gasteiger partial charge in [-0.2, -0.15) is 0 Å². The van der Waals surface area contributed by atoms with E-state index in [1.54, 1.807) is 33.4 Å². The van der Waals surface area contributed by atoms with Crippen molar-refractivity contribution in [3.8, 4) is 22.3 Å². The van der Waals surface area contributed by atoms with Crippen LogP contribution < -0.4 is 4.31 Å². The first kappa shape index (κ1) is 32.4.